The van der Waals surface area contributed by atoms with E-state index in [0.717, 1.165) is 55.4 Å². The summed E-state index contributed by atoms with van der Waals surface area (Å²) >= 11 is 0.776. The number of halogens is 3. The Morgan fingerprint density at radius 1 is 0.462 bits per heavy atom. The van der Waals surface area contributed by atoms with Crippen molar-refractivity contribution in [2.24, 2.45) is 17.6 Å². The van der Waals surface area contributed by atoms with Crippen molar-refractivity contribution >= 4 is 106 Å². The van der Waals surface area contributed by atoms with Gasteiger partial charge in [0.15, 0.2) is 0 Å². The molecule has 130 heavy (non-hydrogen) atoms. The molecule has 38 heteroatoms. The number of primary amides is 1. The molecule has 1 aliphatic heterocycles. The number of carboxylic acid groups (broad SMARTS) is 1. The SMILES string of the molecule is CCCC[C@H]1C(=O)N(C)CC(=O)N[C@@H](CC(=O)O)C(=O)N[C@@H](C(C)C)C(=O)N(C)[C@@H](Cc2ccccc2)C(=O)N[C@@H](Cc2ccc(O)cc2)C(=O)N(C)CC(=O)N[C@@H](Cc2cccc(C(F)(F)F)c2)C(=O)N[C@@H](Cc2ccc(O)cc2)C(=O)N[C@@H](CC(C)C)C(=O)N[C@H](C(=O)NCC(N)=O)CSCC(=O)N[C@@H](Cc2ccccc2)C(=O)N(C)[C@@H](Cc2ccccc2)C(=O)N1C. The zero-order chi connectivity index (χ0) is 95.8. The van der Waals surface area contributed by atoms with Gasteiger partial charge in [0.2, 0.25) is 88.6 Å². The number of unbranched alkanes of at least 4 members (excludes halogenated alkanes) is 1. The van der Waals surface area contributed by atoms with Crippen LogP contribution in [-0.2, 0) is 121 Å². The number of aromatic hydroxyl groups is 2. The number of rotatable bonds is 23. The first-order valence-corrected chi connectivity index (χ1v) is 43.5. The second kappa shape index (κ2) is 49.8. The molecule has 0 bridgehead atoms. The van der Waals surface area contributed by atoms with Gasteiger partial charge < -0.3 is 93.4 Å². The third kappa shape index (κ3) is 32.4. The summed E-state index contributed by atoms with van der Waals surface area (Å²) in [5.41, 5.74) is 6.28. The van der Waals surface area contributed by atoms with Gasteiger partial charge in [0.1, 0.15) is 78.0 Å². The number of alkyl halides is 3. The number of carboxylic acids is 1. The van der Waals surface area contributed by atoms with Crippen LogP contribution in [0.25, 0.3) is 0 Å². The number of hydrogen-bond donors (Lipinski definition) is 13. The number of amides is 15. The number of carbonyl (C=O) groups excluding carboxylic acids is 15. The van der Waals surface area contributed by atoms with Crippen LogP contribution in [0.3, 0.4) is 0 Å². The number of likely N-dealkylation sites (N-methyl/N-ethyl adjacent to an activating group) is 5. The summed E-state index contributed by atoms with van der Waals surface area (Å²) in [4.78, 5) is 239. The largest absolute Gasteiger partial charge is 0.508 e. The van der Waals surface area contributed by atoms with Crippen molar-refractivity contribution in [2.75, 3.05) is 66.4 Å². The van der Waals surface area contributed by atoms with Gasteiger partial charge in [-0.1, -0.05) is 181 Å². The normalized spacial score (nSPS) is 21.9. The molecule has 0 radical (unpaired) electrons. The fourth-order valence-electron chi connectivity index (χ4n) is 14.5. The second-order valence-electron chi connectivity index (χ2n) is 32.9. The second-order valence-corrected chi connectivity index (χ2v) is 33.9. The molecule has 700 valence electrons. The number of aliphatic carboxylic acids is 1. The first kappa shape index (κ1) is 104. The lowest BCUT2D eigenvalue weighted by molar-refractivity contribution is -0.151. The lowest BCUT2D eigenvalue weighted by atomic mass is 9.98. The number of benzene rings is 6. The Labute approximate surface area is 756 Å². The highest BCUT2D eigenvalue weighted by Gasteiger charge is 2.43. The van der Waals surface area contributed by atoms with E-state index in [1.54, 1.807) is 105 Å². The van der Waals surface area contributed by atoms with Crippen LogP contribution >= 0.6 is 11.8 Å². The van der Waals surface area contributed by atoms with Gasteiger partial charge in [-0.25, -0.2) is 0 Å². The molecular formula is C92H116F3N15O19S. The number of phenols is 2. The Morgan fingerprint density at radius 2 is 0.885 bits per heavy atom. The fraction of sp³-hybridized carbons (Fsp3) is 0.435. The summed E-state index contributed by atoms with van der Waals surface area (Å²) in [5.74, 6) is -19.1. The summed E-state index contributed by atoms with van der Waals surface area (Å²) < 4.78 is 43.3. The molecule has 1 fully saturated rings. The molecule has 0 aliphatic carbocycles. The average molecular weight is 1830 g/mol. The van der Waals surface area contributed by atoms with Gasteiger partial charge in [0, 0.05) is 79.5 Å². The highest BCUT2D eigenvalue weighted by Crippen LogP contribution is 2.31. The first-order valence-electron chi connectivity index (χ1n) is 42.4. The lowest BCUT2D eigenvalue weighted by Gasteiger charge is -2.37. The molecule has 6 aromatic rings. The lowest BCUT2D eigenvalue weighted by Crippen LogP contribution is -2.61. The molecule has 6 aromatic carbocycles. The van der Waals surface area contributed by atoms with Gasteiger partial charge in [0.25, 0.3) is 0 Å². The van der Waals surface area contributed by atoms with E-state index in [1.165, 1.54) is 96.6 Å². The number of phenolic OH excluding ortho intramolecular Hbond substituents is 2. The quantitative estimate of drug-likeness (QED) is 0.0438. The first-order chi connectivity index (χ1) is 61.5. The predicted molar refractivity (Wildman–Crippen MR) is 475 cm³/mol. The molecule has 11 atom stereocenters. The predicted octanol–water partition coefficient (Wildman–Crippen LogP) is 2.86. The van der Waals surface area contributed by atoms with Crippen molar-refractivity contribution in [3.05, 3.63) is 203 Å². The smallest absolute Gasteiger partial charge is 0.416 e. The molecule has 34 nitrogen and oxygen atoms in total. The third-order valence-corrected chi connectivity index (χ3v) is 22.7. The molecule has 0 aromatic heterocycles. The van der Waals surface area contributed by atoms with E-state index in [-0.39, 0.29) is 61.2 Å². The molecule has 1 saturated heterocycles. The van der Waals surface area contributed by atoms with E-state index in [9.17, 15) is 71.6 Å². The minimum absolute atomic E-state index is 0.00915. The zero-order valence-corrected chi connectivity index (χ0v) is 75.0. The number of nitrogens with zero attached hydrogens (tertiary/aromatic N) is 5. The van der Waals surface area contributed by atoms with Crippen molar-refractivity contribution in [1.29, 1.82) is 0 Å². The molecular weight excluding hydrogens is 1710 g/mol. The van der Waals surface area contributed by atoms with Crippen LogP contribution in [-0.4, -0.2) is 267 Å². The molecule has 15 amide bonds. The van der Waals surface area contributed by atoms with Crippen LogP contribution in [0.2, 0.25) is 0 Å². The number of nitrogens with two attached hydrogens (primary N) is 1. The van der Waals surface area contributed by atoms with E-state index >= 15 is 33.6 Å². The molecule has 14 N–H and O–H groups in total. The summed E-state index contributed by atoms with van der Waals surface area (Å²) in [6.07, 6.45) is -7.46. The Hall–Kier alpha value is -13.4. The van der Waals surface area contributed by atoms with E-state index in [2.05, 4.69) is 47.9 Å². The fourth-order valence-corrected chi connectivity index (χ4v) is 15.4. The monoisotopic (exact) mass is 1820 g/mol. The minimum Gasteiger partial charge on any atom is -0.508 e. The van der Waals surface area contributed by atoms with Crippen molar-refractivity contribution in [3.63, 3.8) is 0 Å². The maximum atomic E-state index is 15.5. The van der Waals surface area contributed by atoms with E-state index in [1.807, 2.05) is 6.92 Å². The maximum Gasteiger partial charge on any atom is 0.416 e. The van der Waals surface area contributed by atoms with Crippen LogP contribution in [0.4, 0.5) is 13.2 Å². The maximum absolute atomic E-state index is 15.5. The molecule has 7 rings (SSSR count). The third-order valence-electron chi connectivity index (χ3n) is 21.7. The van der Waals surface area contributed by atoms with Crippen molar-refractivity contribution in [3.8, 4) is 11.5 Å². The highest BCUT2D eigenvalue weighted by molar-refractivity contribution is 8.00. The Morgan fingerprint density at radius 3 is 1.39 bits per heavy atom. The van der Waals surface area contributed by atoms with Crippen molar-refractivity contribution < 1.29 is 105 Å². The number of carbonyl (C=O) groups is 16. The summed E-state index contributed by atoms with van der Waals surface area (Å²) in [6, 6.07) is 21.8. The van der Waals surface area contributed by atoms with Crippen LogP contribution in [0.1, 0.15) is 106 Å². The summed E-state index contributed by atoms with van der Waals surface area (Å²) in [7, 11) is 6.29. The van der Waals surface area contributed by atoms with Gasteiger partial charge >= 0.3 is 12.1 Å². The minimum atomic E-state index is -4.92. The highest BCUT2D eigenvalue weighted by atomic mass is 32.2. The molecule has 0 spiro atoms. The van der Waals surface area contributed by atoms with Crippen LogP contribution in [0.15, 0.2) is 164 Å². The number of hydrogen-bond acceptors (Lipinski definition) is 19. The molecule has 0 saturated carbocycles. The van der Waals surface area contributed by atoms with Gasteiger partial charge in [-0.3, -0.25) is 76.7 Å². The van der Waals surface area contributed by atoms with E-state index in [0.29, 0.717) is 41.2 Å². The zero-order valence-electron chi connectivity index (χ0n) is 74.1. The van der Waals surface area contributed by atoms with Crippen molar-refractivity contribution in [2.45, 2.75) is 178 Å². The van der Waals surface area contributed by atoms with Crippen LogP contribution in [0.5, 0.6) is 11.5 Å². The number of nitrogens with one attached hydrogen (secondary N) is 9. The molecule has 1 heterocycles. The van der Waals surface area contributed by atoms with Crippen LogP contribution in [0, 0.1) is 11.8 Å². The average Bonchev–Trinajstić information content (AvgIpc) is 0.816. The summed E-state index contributed by atoms with van der Waals surface area (Å²) in [5, 5.41) is 53.9. The Kier molecular flexibility index (Phi) is 39.7. The van der Waals surface area contributed by atoms with Gasteiger partial charge in [-0.2, -0.15) is 13.2 Å². The van der Waals surface area contributed by atoms with Crippen molar-refractivity contribution in [1.82, 2.24) is 72.4 Å². The van der Waals surface area contributed by atoms with Crippen LogP contribution < -0.4 is 53.6 Å². The van der Waals surface area contributed by atoms with E-state index in [4.69, 9.17) is 5.73 Å². The summed E-state index contributed by atoms with van der Waals surface area (Å²) in [6.45, 7) is 5.70. The van der Waals surface area contributed by atoms with E-state index < -0.39 is 235 Å². The number of thioether (sulfide) groups is 1. The van der Waals surface area contributed by atoms with Gasteiger partial charge in [-0.15, -0.1) is 11.8 Å². The molecule has 1 aliphatic rings. The topological polar surface area (TPSA) is 484 Å². The molecule has 0 unspecified atom stereocenters. The van der Waals surface area contributed by atoms with Gasteiger partial charge in [-0.05, 0) is 88.4 Å². The Balaban J connectivity index is 1.35. The van der Waals surface area contributed by atoms with Gasteiger partial charge in [0.05, 0.1) is 37.4 Å². The standard InChI is InChI=1S/C92H116F3N15O19S/c1-11-12-31-72-89(127)107(7)51-77(115)99-68(48-79(117)118)85(123)105-80(55(4)5)91(129)109(9)73(46-57-25-18-14-19-26-57)86(124)103-69(44-60-34-38-64(112)39-35-60)87(125)106(6)50-76(114)98-66(45-61-29-22-30-62(41-61)92(93,94)95)83(121)102-67(42-59-32-36-63(111)37-33-59)84(122)101-65(40-54(2)3)82(120)104-71(81(119)97-49-75(96)113)52-130-53-78(116)100-70(43-56-23-16-13-17-24-56)88(126)110(10)74(90(128)108(72)8)47-58-27-20-15-21-28-58/h13-30,32-39,41,54-55,65-74,80,111-112H,11-12,31,40,42-53H2,1-10H3,(H2,96,113)(H,97,119)(H,98,114)(H,99,115)(H,100,116)(H,101,122)(H,102,121)(H,103,124)(H,104,120)(H,105,123)(H,117,118)/t65-,66-,67-,68-,69-,70-,71-,72-,73-,74-,80-/m0/s1. The Bertz CT molecular complexity index is 4930.